The Bertz CT molecular complexity index is 1140. The first-order chi connectivity index (χ1) is 15.8. The van der Waals surface area contributed by atoms with Crippen LogP contribution in [0, 0.1) is 6.92 Å². The van der Waals surface area contributed by atoms with E-state index < -0.39 is 28.5 Å². The van der Waals surface area contributed by atoms with E-state index in [4.69, 9.17) is 0 Å². The molecular weight excluding hydrogens is 454 g/mol. The number of nitrogens with zero attached hydrogens (tertiary/aromatic N) is 2. The van der Waals surface area contributed by atoms with Gasteiger partial charge in [-0.3, -0.25) is 18.7 Å². The van der Waals surface area contributed by atoms with Crippen molar-refractivity contribution in [3.8, 4) is 0 Å². The van der Waals surface area contributed by atoms with Gasteiger partial charge in [0.2, 0.25) is 21.8 Å². The van der Waals surface area contributed by atoms with Gasteiger partial charge < -0.3 is 10.2 Å². The maximum atomic E-state index is 13.5. The van der Waals surface area contributed by atoms with E-state index in [9.17, 15) is 22.8 Å². The van der Waals surface area contributed by atoms with Crippen molar-refractivity contribution in [1.82, 2.24) is 10.2 Å². The molecule has 1 N–H and O–H groups in total. The number of Topliss-reactive ketones (excluding diaryl/α,β-unsaturated/α-hetero) is 1. The lowest BCUT2D eigenvalue weighted by Gasteiger charge is -2.32. The fourth-order valence-corrected chi connectivity index (χ4v) is 4.21. The normalized spacial score (nSPS) is 12.2. The first-order valence-corrected chi connectivity index (χ1v) is 12.9. The zero-order valence-electron chi connectivity index (χ0n) is 20.5. The van der Waals surface area contributed by atoms with Crippen LogP contribution in [-0.4, -0.2) is 55.8 Å². The second-order valence-electron chi connectivity index (χ2n) is 8.72. The fraction of sp³-hybridized carbons (Fsp3) is 0.400. The largest absolute Gasteiger partial charge is 0.352 e. The molecule has 0 radical (unpaired) electrons. The van der Waals surface area contributed by atoms with Crippen molar-refractivity contribution in [3.05, 3.63) is 65.2 Å². The molecule has 8 nitrogen and oxygen atoms in total. The molecule has 0 fully saturated rings. The Morgan fingerprint density at radius 2 is 1.62 bits per heavy atom. The summed E-state index contributed by atoms with van der Waals surface area (Å²) in [6, 6.07) is 12.7. The van der Waals surface area contributed by atoms with E-state index in [-0.39, 0.29) is 30.0 Å². The summed E-state index contributed by atoms with van der Waals surface area (Å²) >= 11 is 0. The number of aryl methyl sites for hydroxylation is 1. The molecule has 2 aromatic rings. The highest BCUT2D eigenvalue weighted by Crippen LogP contribution is 2.21. The molecule has 0 heterocycles. The minimum atomic E-state index is -3.86. The lowest BCUT2D eigenvalue weighted by Crippen LogP contribution is -2.52. The lowest BCUT2D eigenvalue weighted by molar-refractivity contribution is -0.139. The highest BCUT2D eigenvalue weighted by molar-refractivity contribution is 7.92. The smallest absolute Gasteiger partial charge is 0.244 e. The summed E-state index contributed by atoms with van der Waals surface area (Å²) < 4.78 is 26.2. The molecule has 0 saturated carbocycles. The van der Waals surface area contributed by atoms with Gasteiger partial charge in [0.15, 0.2) is 5.78 Å². The predicted octanol–water partition coefficient (Wildman–Crippen LogP) is 2.91. The number of carbonyl (C=O) groups is 3. The molecule has 0 aliphatic rings. The number of benzene rings is 2. The molecule has 0 bridgehead atoms. The van der Waals surface area contributed by atoms with Crippen molar-refractivity contribution in [2.75, 3.05) is 17.1 Å². The molecule has 0 aliphatic heterocycles. The first-order valence-electron chi connectivity index (χ1n) is 11.0. The molecule has 2 aromatic carbocycles. The lowest BCUT2D eigenvalue weighted by atomic mass is 10.1. The van der Waals surface area contributed by atoms with Crippen LogP contribution in [-0.2, 0) is 26.2 Å². The molecule has 184 valence electrons. The maximum Gasteiger partial charge on any atom is 0.244 e. The second-order valence-corrected chi connectivity index (χ2v) is 10.6. The van der Waals surface area contributed by atoms with Gasteiger partial charge in [0.05, 0.1) is 11.9 Å². The monoisotopic (exact) mass is 487 g/mol. The molecule has 9 heteroatoms. The third-order valence-corrected chi connectivity index (χ3v) is 6.43. The number of hydrogen-bond acceptors (Lipinski definition) is 5. The highest BCUT2D eigenvalue weighted by Gasteiger charge is 2.30. The Kier molecular flexibility index (Phi) is 8.98. The van der Waals surface area contributed by atoms with Crippen LogP contribution in [0.4, 0.5) is 5.69 Å². The minimum Gasteiger partial charge on any atom is -0.352 e. The predicted molar refractivity (Wildman–Crippen MR) is 133 cm³/mol. The van der Waals surface area contributed by atoms with Gasteiger partial charge in [-0.15, -0.1) is 0 Å². The van der Waals surface area contributed by atoms with E-state index in [0.29, 0.717) is 5.56 Å². The molecule has 0 saturated heterocycles. The van der Waals surface area contributed by atoms with Crippen molar-refractivity contribution < 1.29 is 22.8 Å². The van der Waals surface area contributed by atoms with Gasteiger partial charge in [0.25, 0.3) is 0 Å². The van der Waals surface area contributed by atoms with E-state index in [1.807, 2.05) is 45.0 Å². The molecular formula is C25H33N3O5S. The van der Waals surface area contributed by atoms with Crippen LogP contribution in [0.3, 0.4) is 0 Å². The molecule has 0 spiro atoms. The summed E-state index contributed by atoms with van der Waals surface area (Å²) in [5, 5.41) is 2.81. The van der Waals surface area contributed by atoms with Crippen molar-refractivity contribution in [1.29, 1.82) is 0 Å². The van der Waals surface area contributed by atoms with Crippen molar-refractivity contribution in [3.63, 3.8) is 0 Å². The topological polar surface area (TPSA) is 104 Å². The van der Waals surface area contributed by atoms with Crippen molar-refractivity contribution >= 4 is 33.3 Å². The number of anilines is 1. The Labute approximate surface area is 202 Å². The van der Waals surface area contributed by atoms with E-state index in [2.05, 4.69) is 5.32 Å². The van der Waals surface area contributed by atoms with Crippen LogP contribution in [0.2, 0.25) is 0 Å². The molecule has 34 heavy (non-hydrogen) atoms. The third kappa shape index (κ3) is 7.41. The molecule has 2 rings (SSSR count). The van der Waals surface area contributed by atoms with Crippen LogP contribution in [0.1, 0.15) is 49.2 Å². The Morgan fingerprint density at radius 3 is 2.15 bits per heavy atom. The van der Waals surface area contributed by atoms with Crippen LogP contribution >= 0.6 is 0 Å². The SMILES string of the molecule is CC(=O)c1cccc(N(CC(=O)N(Cc2ccc(C)cc2)C(C)C(=O)NC(C)C)S(C)(=O)=O)c1. The zero-order valence-corrected chi connectivity index (χ0v) is 21.3. The molecule has 0 aromatic heterocycles. The van der Waals surface area contributed by atoms with Gasteiger partial charge in [-0.25, -0.2) is 8.42 Å². The molecule has 1 unspecified atom stereocenters. The zero-order chi connectivity index (χ0) is 25.6. The summed E-state index contributed by atoms with van der Waals surface area (Å²) in [7, 11) is -3.86. The van der Waals surface area contributed by atoms with Gasteiger partial charge in [-0.2, -0.15) is 0 Å². The van der Waals surface area contributed by atoms with Crippen LogP contribution in [0.15, 0.2) is 48.5 Å². The second kappa shape index (κ2) is 11.3. The van der Waals surface area contributed by atoms with E-state index in [1.54, 1.807) is 19.1 Å². The number of nitrogens with one attached hydrogen (secondary N) is 1. The van der Waals surface area contributed by atoms with E-state index in [0.717, 1.165) is 21.7 Å². The van der Waals surface area contributed by atoms with Gasteiger partial charge in [0.1, 0.15) is 12.6 Å². The van der Waals surface area contributed by atoms with Gasteiger partial charge in [0, 0.05) is 18.2 Å². The van der Waals surface area contributed by atoms with Crippen LogP contribution < -0.4 is 9.62 Å². The average molecular weight is 488 g/mol. The summed E-state index contributed by atoms with van der Waals surface area (Å²) in [5.41, 5.74) is 2.41. The van der Waals surface area contributed by atoms with E-state index >= 15 is 0 Å². The fourth-order valence-electron chi connectivity index (χ4n) is 3.37. The standard InChI is InChI=1S/C25H33N3O5S/c1-17(2)26-25(31)19(4)27(15-21-12-10-18(3)11-13-21)24(30)16-28(34(6,32)33)23-9-7-8-22(14-23)20(5)29/h7-14,17,19H,15-16H2,1-6H3,(H,26,31). The first kappa shape index (κ1) is 27.0. The number of sulfonamides is 1. The summed E-state index contributed by atoms with van der Waals surface area (Å²) in [4.78, 5) is 39.4. The van der Waals surface area contributed by atoms with Gasteiger partial charge >= 0.3 is 0 Å². The van der Waals surface area contributed by atoms with Gasteiger partial charge in [-0.05, 0) is 52.3 Å². The number of carbonyl (C=O) groups excluding carboxylic acids is 3. The Balaban J connectivity index is 2.42. The molecule has 1 atom stereocenters. The number of rotatable bonds is 10. The average Bonchev–Trinajstić information content (AvgIpc) is 2.75. The van der Waals surface area contributed by atoms with Crippen LogP contribution in [0.25, 0.3) is 0 Å². The summed E-state index contributed by atoms with van der Waals surface area (Å²) in [6.45, 7) is 8.22. The Morgan fingerprint density at radius 1 is 1.00 bits per heavy atom. The Hall–Kier alpha value is -3.20. The highest BCUT2D eigenvalue weighted by atomic mass is 32.2. The van der Waals surface area contributed by atoms with E-state index in [1.165, 1.54) is 24.0 Å². The minimum absolute atomic E-state index is 0.117. The molecule has 0 aliphatic carbocycles. The quantitative estimate of drug-likeness (QED) is 0.519. The molecule has 2 amide bonds. The van der Waals surface area contributed by atoms with Crippen molar-refractivity contribution in [2.45, 2.75) is 53.2 Å². The number of ketones is 1. The number of amides is 2. The summed E-state index contributed by atoms with van der Waals surface area (Å²) in [6.07, 6.45) is 1.000. The third-order valence-electron chi connectivity index (χ3n) is 5.29. The van der Waals surface area contributed by atoms with Crippen molar-refractivity contribution in [2.24, 2.45) is 0 Å². The van der Waals surface area contributed by atoms with Gasteiger partial charge in [-0.1, -0.05) is 42.0 Å². The maximum absolute atomic E-state index is 13.5. The number of hydrogen-bond donors (Lipinski definition) is 1. The summed E-state index contributed by atoms with van der Waals surface area (Å²) in [5.74, 6) is -1.09. The van der Waals surface area contributed by atoms with Crippen LogP contribution in [0.5, 0.6) is 0 Å².